The van der Waals surface area contributed by atoms with E-state index in [1.54, 1.807) is 38.3 Å². The van der Waals surface area contributed by atoms with Crippen LogP contribution in [0.5, 0.6) is 5.75 Å². The fourth-order valence-electron chi connectivity index (χ4n) is 2.21. The maximum absolute atomic E-state index is 13.8. The minimum atomic E-state index is -3.61. The molecule has 0 radical (unpaired) electrons. The normalized spacial score (nSPS) is 11.9. The van der Waals surface area contributed by atoms with Gasteiger partial charge in [0.1, 0.15) is 16.5 Å². The highest BCUT2D eigenvalue weighted by atomic mass is 35.5. The van der Waals surface area contributed by atoms with Crippen molar-refractivity contribution >= 4 is 28.8 Å². The number of hydrogen-bond donors (Lipinski definition) is 0. The van der Waals surface area contributed by atoms with Crippen molar-refractivity contribution in [3.8, 4) is 17.0 Å². The summed E-state index contributed by atoms with van der Waals surface area (Å²) in [6, 6.07) is 8.05. The number of rotatable bonds is 3. The number of benzene rings is 1. The van der Waals surface area contributed by atoms with E-state index in [0.717, 1.165) is 4.52 Å². The monoisotopic (exact) mass is 357 g/mol. The number of hydrogen-bond acceptors (Lipinski definition) is 3. The van der Waals surface area contributed by atoms with E-state index in [1.807, 2.05) is 0 Å². The summed E-state index contributed by atoms with van der Waals surface area (Å²) in [5, 5.41) is 0.583. The molecule has 8 heteroatoms. The number of fused-ring (bicyclic) bond motifs is 1. The first-order valence-electron chi connectivity index (χ1n) is 6.59. The van der Waals surface area contributed by atoms with E-state index < -0.39 is 11.1 Å². The van der Waals surface area contributed by atoms with Gasteiger partial charge in [0.2, 0.25) is 0 Å². The summed E-state index contributed by atoms with van der Waals surface area (Å²) in [5.74, 6) is 0.649. The van der Waals surface area contributed by atoms with E-state index in [4.69, 9.17) is 27.9 Å². The Labute approximate surface area is 140 Å². The Bertz CT molecular complexity index is 873. The zero-order chi connectivity index (χ0) is 16.8. The van der Waals surface area contributed by atoms with E-state index in [2.05, 4.69) is 10.1 Å². The molecular weight excluding hydrogens is 347 g/mol. The molecule has 0 fully saturated rings. The van der Waals surface area contributed by atoms with E-state index in [1.165, 1.54) is 6.07 Å². The van der Waals surface area contributed by atoms with Gasteiger partial charge in [0.25, 0.3) is 0 Å². The molecule has 23 heavy (non-hydrogen) atoms. The fourth-order valence-corrected chi connectivity index (χ4v) is 2.50. The molecule has 0 bridgehead atoms. The maximum atomic E-state index is 13.8. The van der Waals surface area contributed by atoms with Crippen molar-refractivity contribution in [2.24, 2.45) is 0 Å². The maximum Gasteiger partial charge on any atom is 0.364 e. The molecular formula is C15H11Cl2F2N3O. The van der Waals surface area contributed by atoms with Crippen molar-refractivity contribution in [1.29, 1.82) is 0 Å². The molecule has 0 aliphatic carbocycles. The second-order valence-electron chi connectivity index (χ2n) is 4.89. The Hall–Kier alpha value is -1.92. The van der Waals surface area contributed by atoms with Gasteiger partial charge in [-0.2, -0.15) is 13.9 Å². The summed E-state index contributed by atoms with van der Waals surface area (Å²) in [4.78, 5) is 4.33. The van der Waals surface area contributed by atoms with Crippen molar-refractivity contribution in [1.82, 2.24) is 14.6 Å². The van der Waals surface area contributed by atoms with Gasteiger partial charge in [0.15, 0.2) is 5.65 Å². The molecule has 0 atom stereocenters. The smallest absolute Gasteiger partial charge is 0.364 e. The van der Waals surface area contributed by atoms with Crippen molar-refractivity contribution in [3.63, 3.8) is 0 Å². The molecule has 3 aromatic rings. The van der Waals surface area contributed by atoms with Crippen LogP contribution in [0, 0.1) is 6.92 Å². The van der Waals surface area contributed by atoms with E-state index in [9.17, 15) is 8.78 Å². The van der Waals surface area contributed by atoms with Crippen LogP contribution in [0.25, 0.3) is 16.9 Å². The Morgan fingerprint density at radius 3 is 2.43 bits per heavy atom. The summed E-state index contributed by atoms with van der Waals surface area (Å²) in [7, 11) is 1.54. The first kappa shape index (κ1) is 16.0. The average Bonchev–Trinajstić information content (AvgIpc) is 2.80. The van der Waals surface area contributed by atoms with Gasteiger partial charge in [-0.3, -0.25) is 0 Å². The Morgan fingerprint density at radius 1 is 1.22 bits per heavy atom. The molecule has 0 unspecified atom stereocenters. The molecule has 120 valence electrons. The van der Waals surface area contributed by atoms with Gasteiger partial charge in [0.05, 0.1) is 18.5 Å². The van der Waals surface area contributed by atoms with Gasteiger partial charge < -0.3 is 4.74 Å². The molecule has 0 saturated heterocycles. The number of halogens is 4. The van der Waals surface area contributed by atoms with Crippen LogP contribution in [-0.2, 0) is 5.38 Å². The van der Waals surface area contributed by atoms with Crippen LogP contribution in [0.1, 0.15) is 11.4 Å². The largest absolute Gasteiger partial charge is 0.497 e. The SMILES string of the molecule is COc1ccc(-c2cc(C(F)(F)Cl)n3nc(C)c(Cl)c3n2)cc1. The predicted molar refractivity (Wildman–Crippen MR) is 84.5 cm³/mol. The van der Waals surface area contributed by atoms with Gasteiger partial charge in [-0.05, 0) is 48.9 Å². The molecule has 1 aromatic carbocycles. The van der Waals surface area contributed by atoms with Crippen LogP contribution in [0.4, 0.5) is 8.78 Å². The topological polar surface area (TPSA) is 39.4 Å². The van der Waals surface area contributed by atoms with Crippen molar-refractivity contribution in [2.45, 2.75) is 12.3 Å². The molecule has 0 aliphatic heterocycles. The Balaban J connectivity index is 2.27. The van der Waals surface area contributed by atoms with Crippen LogP contribution in [0.2, 0.25) is 5.02 Å². The van der Waals surface area contributed by atoms with Crippen LogP contribution >= 0.6 is 23.2 Å². The highest BCUT2D eigenvalue weighted by Gasteiger charge is 2.33. The Morgan fingerprint density at radius 2 is 1.87 bits per heavy atom. The second kappa shape index (κ2) is 5.62. The standard InChI is InChI=1S/C15H11Cl2F2N3O/c1-8-13(16)14-20-11(9-3-5-10(23-2)6-4-9)7-12(15(17,18)19)22(14)21-8/h3-7H,1-2H3. The fraction of sp³-hybridized carbons (Fsp3) is 0.200. The third kappa shape index (κ3) is 2.84. The van der Waals surface area contributed by atoms with Crippen molar-refractivity contribution < 1.29 is 13.5 Å². The summed E-state index contributed by atoms with van der Waals surface area (Å²) in [5.41, 5.74) is 0.980. The van der Waals surface area contributed by atoms with Gasteiger partial charge in [0, 0.05) is 5.56 Å². The summed E-state index contributed by atoms with van der Waals surface area (Å²) >= 11 is 11.3. The zero-order valence-electron chi connectivity index (χ0n) is 12.1. The lowest BCUT2D eigenvalue weighted by Gasteiger charge is -2.12. The lowest BCUT2D eigenvalue weighted by atomic mass is 10.1. The lowest BCUT2D eigenvalue weighted by molar-refractivity contribution is 0.0872. The van der Waals surface area contributed by atoms with Gasteiger partial charge in [-0.1, -0.05) is 11.6 Å². The number of aryl methyl sites for hydroxylation is 1. The Kier molecular flexibility index (Phi) is 3.90. The van der Waals surface area contributed by atoms with Crippen molar-refractivity contribution in [3.05, 3.63) is 46.7 Å². The molecule has 0 amide bonds. The number of aromatic nitrogens is 3. The number of alkyl halides is 3. The average molecular weight is 358 g/mol. The van der Waals surface area contributed by atoms with E-state index >= 15 is 0 Å². The van der Waals surface area contributed by atoms with Crippen LogP contribution in [-0.4, -0.2) is 21.7 Å². The minimum Gasteiger partial charge on any atom is -0.497 e. The highest BCUT2D eigenvalue weighted by Crippen LogP contribution is 2.36. The number of ether oxygens (including phenoxy) is 1. The van der Waals surface area contributed by atoms with Crippen LogP contribution < -0.4 is 4.74 Å². The quantitative estimate of drug-likeness (QED) is 0.640. The summed E-state index contributed by atoms with van der Waals surface area (Å²) in [6.45, 7) is 1.61. The van der Waals surface area contributed by atoms with Gasteiger partial charge in [-0.15, -0.1) is 0 Å². The zero-order valence-corrected chi connectivity index (χ0v) is 13.7. The number of nitrogens with zero attached hydrogens (tertiary/aromatic N) is 3. The minimum absolute atomic E-state index is 0.132. The second-order valence-corrected chi connectivity index (χ2v) is 5.74. The first-order chi connectivity index (χ1) is 10.8. The van der Waals surface area contributed by atoms with Gasteiger partial charge >= 0.3 is 5.38 Å². The highest BCUT2D eigenvalue weighted by molar-refractivity contribution is 6.34. The third-order valence-corrected chi connectivity index (χ3v) is 4.00. The lowest BCUT2D eigenvalue weighted by Crippen LogP contribution is -2.12. The molecule has 0 aliphatic rings. The van der Waals surface area contributed by atoms with Crippen LogP contribution in [0.3, 0.4) is 0 Å². The molecule has 2 aromatic heterocycles. The summed E-state index contributed by atoms with van der Waals surface area (Å²) < 4.78 is 33.6. The predicted octanol–water partition coefficient (Wildman–Crippen LogP) is 4.65. The van der Waals surface area contributed by atoms with E-state index in [-0.39, 0.29) is 10.7 Å². The van der Waals surface area contributed by atoms with Crippen LogP contribution in [0.15, 0.2) is 30.3 Å². The molecule has 0 N–H and O–H groups in total. The molecule has 2 heterocycles. The third-order valence-electron chi connectivity index (χ3n) is 3.37. The molecule has 3 rings (SSSR count). The number of methoxy groups -OCH3 is 1. The molecule has 0 saturated carbocycles. The first-order valence-corrected chi connectivity index (χ1v) is 7.34. The molecule has 0 spiro atoms. The van der Waals surface area contributed by atoms with Crippen molar-refractivity contribution in [2.75, 3.05) is 7.11 Å². The summed E-state index contributed by atoms with van der Waals surface area (Å²) in [6.07, 6.45) is 0. The van der Waals surface area contributed by atoms with Gasteiger partial charge in [-0.25, -0.2) is 9.50 Å². The van der Waals surface area contributed by atoms with E-state index in [0.29, 0.717) is 22.7 Å². The molecule has 4 nitrogen and oxygen atoms in total.